The fraction of sp³-hybridized carbons (Fsp3) is 0.176. The lowest BCUT2D eigenvalue weighted by Crippen LogP contribution is -2.41. The Hall–Kier alpha value is -3.02. The highest BCUT2D eigenvalue weighted by Gasteiger charge is 2.31. The molecule has 116 valence electrons. The predicted molar refractivity (Wildman–Crippen MR) is 83.8 cm³/mol. The Balaban J connectivity index is 1.89. The second kappa shape index (κ2) is 6.00. The molecule has 1 amide bonds. The van der Waals surface area contributed by atoms with Crippen molar-refractivity contribution in [3.8, 4) is 11.4 Å². The van der Waals surface area contributed by atoms with Gasteiger partial charge in [0.25, 0.3) is 5.91 Å². The maximum absolute atomic E-state index is 12.6. The molecule has 2 heterocycles. The van der Waals surface area contributed by atoms with Crippen LogP contribution < -0.4 is 0 Å². The second-order valence-electron chi connectivity index (χ2n) is 5.23. The highest BCUT2D eigenvalue weighted by atomic mass is 16.4. The number of carboxylic acids is 1. The zero-order chi connectivity index (χ0) is 16.4. The molecule has 0 saturated heterocycles. The van der Waals surface area contributed by atoms with Gasteiger partial charge in [0.15, 0.2) is 5.82 Å². The summed E-state index contributed by atoms with van der Waals surface area (Å²) >= 11 is 0. The van der Waals surface area contributed by atoms with E-state index >= 15 is 0 Å². The van der Waals surface area contributed by atoms with Crippen molar-refractivity contribution in [1.82, 2.24) is 14.9 Å². The number of nitrogens with zero attached hydrogens (tertiary/aromatic N) is 3. The summed E-state index contributed by atoms with van der Waals surface area (Å²) in [6.45, 7) is 2.00. The molecule has 0 unspecified atom stereocenters. The molecule has 6 nitrogen and oxygen atoms in total. The van der Waals surface area contributed by atoms with Crippen LogP contribution in [-0.4, -0.2) is 44.4 Å². The number of amides is 1. The van der Waals surface area contributed by atoms with Gasteiger partial charge in [0, 0.05) is 18.3 Å². The van der Waals surface area contributed by atoms with Crippen LogP contribution >= 0.6 is 0 Å². The molecule has 0 bridgehead atoms. The Bertz CT molecular complexity index is 787. The lowest BCUT2D eigenvalue weighted by atomic mass is 10.1. The van der Waals surface area contributed by atoms with Crippen molar-refractivity contribution < 1.29 is 14.7 Å². The summed E-state index contributed by atoms with van der Waals surface area (Å²) < 4.78 is 0. The second-order valence-corrected chi connectivity index (χ2v) is 5.23. The molecule has 1 N–H and O–H groups in total. The third kappa shape index (κ3) is 2.83. The minimum atomic E-state index is -1.05. The van der Waals surface area contributed by atoms with Crippen LogP contribution in [0.15, 0.2) is 48.7 Å². The van der Waals surface area contributed by atoms with Crippen LogP contribution in [0, 0.1) is 6.92 Å². The van der Waals surface area contributed by atoms with Gasteiger partial charge in [-0.05, 0) is 6.92 Å². The molecule has 0 fully saturated rings. The SMILES string of the molecule is Cc1nc(-c2ccccc2)ncc1C(=O)N1CC=C[C@@H]1C(=O)O. The van der Waals surface area contributed by atoms with Crippen LogP contribution in [0.2, 0.25) is 0 Å². The number of aliphatic carboxylic acids is 1. The van der Waals surface area contributed by atoms with Gasteiger partial charge in [-0.2, -0.15) is 0 Å². The normalized spacial score (nSPS) is 16.6. The van der Waals surface area contributed by atoms with Gasteiger partial charge in [-0.15, -0.1) is 0 Å². The van der Waals surface area contributed by atoms with Crippen molar-refractivity contribution in [2.24, 2.45) is 0 Å². The minimum absolute atomic E-state index is 0.273. The van der Waals surface area contributed by atoms with E-state index < -0.39 is 12.0 Å². The number of carbonyl (C=O) groups is 2. The van der Waals surface area contributed by atoms with Crippen LogP contribution in [0.25, 0.3) is 11.4 Å². The molecule has 1 aromatic heterocycles. The molecule has 1 aliphatic rings. The Morgan fingerprint density at radius 1 is 1.26 bits per heavy atom. The molecule has 1 aromatic carbocycles. The third-order valence-corrected chi connectivity index (χ3v) is 3.71. The maximum Gasteiger partial charge on any atom is 0.330 e. The van der Waals surface area contributed by atoms with Crippen LogP contribution in [0.5, 0.6) is 0 Å². The van der Waals surface area contributed by atoms with E-state index in [9.17, 15) is 9.59 Å². The third-order valence-electron chi connectivity index (χ3n) is 3.71. The molecule has 2 aromatic rings. The molecule has 1 atom stereocenters. The summed E-state index contributed by atoms with van der Waals surface area (Å²) in [5.74, 6) is -0.889. The van der Waals surface area contributed by atoms with Gasteiger partial charge < -0.3 is 10.0 Å². The number of aryl methyl sites for hydroxylation is 1. The summed E-state index contributed by atoms with van der Waals surface area (Å²) in [6.07, 6.45) is 4.64. The van der Waals surface area contributed by atoms with Gasteiger partial charge >= 0.3 is 5.97 Å². The average molecular weight is 309 g/mol. The van der Waals surface area contributed by atoms with Crippen molar-refractivity contribution in [1.29, 1.82) is 0 Å². The minimum Gasteiger partial charge on any atom is -0.479 e. The summed E-state index contributed by atoms with van der Waals surface area (Å²) in [5.41, 5.74) is 1.71. The first-order chi connectivity index (χ1) is 11.1. The summed E-state index contributed by atoms with van der Waals surface area (Å²) in [6, 6.07) is 8.53. The largest absolute Gasteiger partial charge is 0.479 e. The molecule has 0 aliphatic carbocycles. The van der Waals surface area contributed by atoms with Crippen molar-refractivity contribution in [2.75, 3.05) is 6.54 Å². The lowest BCUT2D eigenvalue weighted by molar-refractivity contribution is -0.140. The van der Waals surface area contributed by atoms with Gasteiger partial charge in [-0.1, -0.05) is 42.5 Å². The smallest absolute Gasteiger partial charge is 0.330 e. The Morgan fingerprint density at radius 2 is 2.00 bits per heavy atom. The fourth-order valence-electron chi connectivity index (χ4n) is 2.50. The van der Waals surface area contributed by atoms with Crippen LogP contribution in [0.3, 0.4) is 0 Å². The highest BCUT2D eigenvalue weighted by molar-refractivity contribution is 5.98. The van der Waals surface area contributed by atoms with Crippen LogP contribution in [0.1, 0.15) is 16.1 Å². The van der Waals surface area contributed by atoms with Gasteiger partial charge in [-0.25, -0.2) is 14.8 Å². The molecular formula is C17H15N3O3. The number of hydrogen-bond acceptors (Lipinski definition) is 4. The topological polar surface area (TPSA) is 83.4 Å². The summed E-state index contributed by atoms with van der Waals surface area (Å²) in [4.78, 5) is 33.7. The van der Waals surface area contributed by atoms with E-state index in [2.05, 4.69) is 9.97 Å². The van der Waals surface area contributed by atoms with Crippen molar-refractivity contribution in [3.63, 3.8) is 0 Å². The first-order valence-corrected chi connectivity index (χ1v) is 7.17. The first-order valence-electron chi connectivity index (χ1n) is 7.17. The van der Waals surface area contributed by atoms with Gasteiger partial charge in [0.2, 0.25) is 0 Å². The van der Waals surface area contributed by atoms with Crippen LogP contribution in [0.4, 0.5) is 0 Å². The first kappa shape index (κ1) is 14.9. The van der Waals surface area contributed by atoms with E-state index in [-0.39, 0.29) is 12.5 Å². The number of aromatic nitrogens is 2. The fourth-order valence-corrected chi connectivity index (χ4v) is 2.50. The summed E-state index contributed by atoms with van der Waals surface area (Å²) in [5, 5.41) is 9.17. The van der Waals surface area contributed by atoms with E-state index in [1.54, 1.807) is 13.0 Å². The van der Waals surface area contributed by atoms with Crippen molar-refractivity contribution >= 4 is 11.9 Å². The lowest BCUT2D eigenvalue weighted by Gasteiger charge is -2.22. The molecule has 6 heteroatoms. The standard InChI is InChI=1S/C17H15N3O3/c1-11-13(16(21)20-9-5-8-14(20)17(22)23)10-18-15(19-11)12-6-3-2-4-7-12/h2-8,10,14H,9H2,1H3,(H,22,23)/t14-/m1/s1. The van der Waals surface area contributed by atoms with Gasteiger partial charge in [-0.3, -0.25) is 4.79 Å². The van der Waals surface area contributed by atoms with Crippen molar-refractivity contribution in [3.05, 3.63) is 59.9 Å². The number of carbonyl (C=O) groups excluding carboxylic acids is 1. The van der Waals surface area contributed by atoms with E-state index in [0.29, 0.717) is 17.1 Å². The summed E-state index contributed by atoms with van der Waals surface area (Å²) in [7, 11) is 0. The molecule has 23 heavy (non-hydrogen) atoms. The Labute approximate surface area is 133 Å². The molecule has 0 saturated carbocycles. The number of rotatable bonds is 3. The molecule has 3 rings (SSSR count). The molecule has 1 aliphatic heterocycles. The predicted octanol–water partition coefficient (Wildman–Crippen LogP) is 1.92. The van der Waals surface area contributed by atoms with Crippen LogP contribution in [-0.2, 0) is 4.79 Å². The number of carboxylic acid groups (broad SMARTS) is 1. The Morgan fingerprint density at radius 3 is 2.65 bits per heavy atom. The van der Waals surface area contributed by atoms with Crippen molar-refractivity contribution in [2.45, 2.75) is 13.0 Å². The number of hydrogen-bond donors (Lipinski definition) is 1. The zero-order valence-corrected chi connectivity index (χ0v) is 12.5. The quantitative estimate of drug-likeness (QED) is 0.876. The maximum atomic E-state index is 12.6. The van der Waals surface area contributed by atoms with E-state index in [4.69, 9.17) is 5.11 Å². The van der Waals surface area contributed by atoms with E-state index in [0.717, 1.165) is 5.56 Å². The molecule has 0 spiro atoms. The average Bonchev–Trinajstić information content (AvgIpc) is 3.05. The van der Waals surface area contributed by atoms with Gasteiger partial charge in [0.05, 0.1) is 11.3 Å². The molecule has 0 radical (unpaired) electrons. The highest BCUT2D eigenvalue weighted by Crippen LogP contribution is 2.19. The van der Waals surface area contributed by atoms with Gasteiger partial charge in [0.1, 0.15) is 6.04 Å². The van der Waals surface area contributed by atoms with E-state index in [1.807, 2.05) is 30.3 Å². The Kier molecular flexibility index (Phi) is 3.89. The zero-order valence-electron chi connectivity index (χ0n) is 12.5. The monoisotopic (exact) mass is 309 g/mol. The number of benzene rings is 1. The van der Waals surface area contributed by atoms with E-state index in [1.165, 1.54) is 17.2 Å². The molecular weight excluding hydrogens is 294 g/mol.